The second kappa shape index (κ2) is 5.35. The van der Waals surface area contributed by atoms with E-state index in [2.05, 4.69) is 0 Å². The molecule has 2 aromatic rings. The van der Waals surface area contributed by atoms with Crippen molar-refractivity contribution in [1.82, 2.24) is 0 Å². The smallest absolute Gasteiger partial charge is 0.299 e. The third-order valence-electron chi connectivity index (χ3n) is 3.75. The van der Waals surface area contributed by atoms with Crippen LogP contribution in [0.3, 0.4) is 0 Å². The first-order valence-electron chi connectivity index (χ1n) is 6.62. The zero-order chi connectivity index (χ0) is 19.6. The second-order valence-corrected chi connectivity index (χ2v) is 7.98. The molecule has 1 aliphatic carbocycles. The molecule has 0 amide bonds. The van der Waals surface area contributed by atoms with E-state index in [-0.39, 0.29) is 11.1 Å². The Balaban J connectivity index is 2.65. The molecule has 0 unspecified atom stereocenters. The SMILES string of the molecule is O=C1c2ccccc2C(=O)c2c1c(O)c(O)c(S(=O)(=O)O)c2S(=O)(=O)O. The number of carbonyl (C=O) groups excluding carboxylic acids is 2. The average molecular weight is 400 g/mol. The molecule has 2 aromatic carbocycles. The highest BCUT2D eigenvalue weighted by Crippen LogP contribution is 2.46. The summed E-state index contributed by atoms with van der Waals surface area (Å²) in [7, 11) is -11.1. The van der Waals surface area contributed by atoms with Crippen molar-refractivity contribution in [1.29, 1.82) is 0 Å². The predicted octanol–water partition coefficient (Wildman–Crippen LogP) is 0.367. The maximum absolute atomic E-state index is 12.7. The van der Waals surface area contributed by atoms with E-state index >= 15 is 0 Å². The molecule has 26 heavy (non-hydrogen) atoms. The molecule has 12 heteroatoms. The number of rotatable bonds is 2. The maximum Gasteiger partial charge on any atom is 0.299 e. The normalized spacial score (nSPS) is 14.1. The lowest BCUT2D eigenvalue weighted by atomic mass is 9.83. The van der Waals surface area contributed by atoms with Gasteiger partial charge in [-0.1, -0.05) is 24.3 Å². The molecule has 4 N–H and O–H groups in total. The first kappa shape index (κ1) is 18.0. The summed E-state index contributed by atoms with van der Waals surface area (Å²) in [5.74, 6) is -5.41. The zero-order valence-corrected chi connectivity index (χ0v) is 14.0. The summed E-state index contributed by atoms with van der Waals surface area (Å²) >= 11 is 0. The number of benzene rings is 2. The van der Waals surface area contributed by atoms with Gasteiger partial charge in [-0.25, -0.2) is 0 Å². The van der Waals surface area contributed by atoms with Crippen molar-refractivity contribution in [2.45, 2.75) is 9.79 Å². The molecule has 0 fully saturated rings. The van der Waals surface area contributed by atoms with E-state index in [1.165, 1.54) is 18.2 Å². The van der Waals surface area contributed by atoms with Crippen molar-refractivity contribution in [2.24, 2.45) is 0 Å². The van der Waals surface area contributed by atoms with E-state index in [1.807, 2.05) is 0 Å². The number of fused-ring (bicyclic) bond motifs is 2. The van der Waals surface area contributed by atoms with Crippen LogP contribution in [0.15, 0.2) is 34.1 Å². The Kier molecular flexibility index (Phi) is 3.70. The summed E-state index contributed by atoms with van der Waals surface area (Å²) in [5.41, 5.74) is -2.73. The third-order valence-corrected chi connectivity index (χ3v) is 5.71. The first-order chi connectivity index (χ1) is 11.9. The summed E-state index contributed by atoms with van der Waals surface area (Å²) in [6.45, 7) is 0. The van der Waals surface area contributed by atoms with Crippen molar-refractivity contribution in [2.75, 3.05) is 0 Å². The van der Waals surface area contributed by atoms with E-state index in [0.29, 0.717) is 0 Å². The number of hydrogen-bond donors (Lipinski definition) is 4. The minimum atomic E-state index is -5.54. The topological polar surface area (TPSA) is 183 Å². The molecule has 0 saturated heterocycles. The summed E-state index contributed by atoms with van der Waals surface area (Å²) in [5, 5.41) is 19.9. The van der Waals surface area contributed by atoms with Gasteiger partial charge in [-0.2, -0.15) is 16.8 Å². The molecule has 1 aliphatic rings. The molecular weight excluding hydrogens is 392 g/mol. The van der Waals surface area contributed by atoms with Gasteiger partial charge in [-0.3, -0.25) is 18.7 Å². The summed E-state index contributed by atoms with van der Waals surface area (Å²) in [4.78, 5) is 21.7. The Bertz CT molecular complexity index is 1220. The Morgan fingerprint density at radius 3 is 1.50 bits per heavy atom. The quantitative estimate of drug-likeness (QED) is 0.346. The van der Waals surface area contributed by atoms with Gasteiger partial charge in [0.15, 0.2) is 28.0 Å². The molecule has 0 atom stereocenters. The van der Waals surface area contributed by atoms with Gasteiger partial charge < -0.3 is 10.2 Å². The number of aromatic hydroxyl groups is 2. The summed E-state index contributed by atoms with van der Waals surface area (Å²) in [6.07, 6.45) is 0. The lowest BCUT2D eigenvalue weighted by Gasteiger charge is -2.22. The number of phenols is 2. The highest BCUT2D eigenvalue weighted by atomic mass is 32.2. The number of ketones is 2. The zero-order valence-electron chi connectivity index (χ0n) is 12.4. The molecule has 10 nitrogen and oxygen atoms in total. The van der Waals surface area contributed by atoms with Crippen molar-refractivity contribution in [3.63, 3.8) is 0 Å². The van der Waals surface area contributed by atoms with Crippen LogP contribution in [-0.4, -0.2) is 47.7 Å². The van der Waals surface area contributed by atoms with Gasteiger partial charge in [0.05, 0.1) is 11.1 Å². The van der Waals surface area contributed by atoms with Gasteiger partial charge in [-0.05, 0) is 0 Å². The van der Waals surface area contributed by atoms with Crippen LogP contribution in [0.1, 0.15) is 31.8 Å². The third kappa shape index (κ3) is 2.39. The first-order valence-corrected chi connectivity index (χ1v) is 9.50. The van der Waals surface area contributed by atoms with Gasteiger partial charge in [0.2, 0.25) is 0 Å². The van der Waals surface area contributed by atoms with E-state index in [9.17, 15) is 45.7 Å². The molecule has 0 spiro atoms. The fraction of sp³-hybridized carbons (Fsp3) is 0. The molecule has 0 heterocycles. The Morgan fingerprint density at radius 1 is 0.654 bits per heavy atom. The van der Waals surface area contributed by atoms with E-state index in [1.54, 1.807) is 0 Å². The maximum atomic E-state index is 12.7. The molecule has 0 saturated carbocycles. The number of carbonyl (C=O) groups is 2. The van der Waals surface area contributed by atoms with Crippen LogP contribution in [0, 0.1) is 0 Å². The van der Waals surface area contributed by atoms with Crippen molar-refractivity contribution >= 4 is 31.8 Å². The van der Waals surface area contributed by atoms with Crippen molar-refractivity contribution in [3.05, 3.63) is 46.5 Å². The predicted molar refractivity (Wildman–Crippen MR) is 82.7 cm³/mol. The molecule has 0 radical (unpaired) electrons. The van der Waals surface area contributed by atoms with Crippen LogP contribution in [0.4, 0.5) is 0 Å². The molecule has 136 valence electrons. The fourth-order valence-electron chi connectivity index (χ4n) is 2.75. The van der Waals surface area contributed by atoms with Crippen LogP contribution in [-0.2, 0) is 20.2 Å². The van der Waals surface area contributed by atoms with Gasteiger partial charge in [0, 0.05) is 11.1 Å². The molecular formula is C14H8O10S2. The molecule has 0 aromatic heterocycles. The van der Waals surface area contributed by atoms with Crippen LogP contribution in [0.25, 0.3) is 0 Å². The minimum Gasteiger partial charge on any atom is -0.504 e. The second-order valence-electron chi connectivity index (χ2n) is 5.26. The van der Waals surface area contributed by atoms with E-state index in [0.717, 1.165) is 6.07 Å². The van der Waals surface area contributed by atoms with Gasteiger partial charge in [0.25, 0.3) is 20.2 Å². The standard InChI is InChI=1S/C14H8O10S2/c15-9-5-3-1-2-4-6(5)10(16)8-7(9)11(17)12(18)14(26(22,23)24)13(8)25(19,20)21/h1-4,17-18H,(H,19,20,21)(H,22,23,24). The molecule has 0 aliphatic heterocycles. The average Bonchev–Trinajstić information content (AvgIpc) is 2.52. The van der Waals surface area contributed by atoms with Crippen LogP contribution in [0.2, 0.25) is 0 Å². The molecule has 0 bridgehead atoms. The van der Waals surface area contributed by atoms with Crippen molar-refractivity contribution < 1.29 is 45.7 Å². The summed E-state index contributed by atoms with van der Waals surface area (Å²) in [6, 6.07) is 5.05. The Labute approximate surface area is 145 Å². The highest BCUT2D eigenvalue weighted by molar-refractivity contribution is 7.89. The van der Waals surface area contributed by atoms with Gasteiger partial charge in [-0.15, -0.1) is 0 Å². The monoisotopic (exact) mass is 400 g/mol. The van der Waals surface area contributed by atoms with Gasteiger partial charge >= 0.3 is 0 Å². The van der Waals surface area contributed by atoms with Gasteiger partial charge in [0.1, 0.15) is 4.90 Å². The lowest BCUT2D eigenvalue weighted by molar-refractivity contribution is 0.0972. The number of hydrogen-bond acceptors (Lipinski definition) is 8. The summed E-state index contributed by atoms with van der Waals surface area (Å²) < 4.78 is 65.1. The van der Waals surface area contributed by atoms with Crippen LogP contribution >= 0.6 is 0 Å². The fourth-order valence-corrected chi connectivity index (χ4v) is 4.84. The molecule has 3 rings (SSSR count). The van der Waals surface area contributed by atoms with Crippen molar-refractivity contribution in [3.8, 4) is 11.5 Å². The highest BCUT2D eigenvalue weighted by Gasteiger charge is 2.43. The Hall–Kier alpha value is -2.80. The Morgan fingerprint density at radius 2 is 1.08 bits per heavy atom. The minimum absolute atomic E-state index is 0.236. The number of phenolic OH excluding ortho intramolecular Hbond substituents is 2. The van der Waals surface area contributed by atoms with Crippen LogP contribution < -0.4 is 0 Å². The lowest BCUT2D eigenvalue weighted by Crippen LogP contribution is -2.25. The van der Waals surface area contributed by atoms with E-state index in [4.69, 9.17) is 0 Å². The van der Waals surface area contributed by atoms with E-state index < -0.39 is 64.2 Å². The van der Waals surface area contributed by atoms with Crippen LogP contribution in [0.5, 0.6) is 11.5 Å². The largest absolute Gasteiger partial charge is 0.504 e.